The summed E-state index contributed by atoms with van der Waals surface area (Å²) in [5, 5.41) is 8.79. The molecule has 1 heterocycles. The van der Waals surface area contributed by atoms with E-state index in [1.165, 1.54) is 0 Å². The molecule has 1 atom stereocenters. The number of pyridine rings is 1. The van der Waals surface area contributed by atoms with Crippen molar-refractivity contribution in [2.75, 3.05) is 0 Å². The predicted octanol–water partition coefficient (Wildman–Crippen LogP) is 2.46. The highest BCUT2D eigenvalue weighted by Crippen LogP contribution is 2.61. The Hall–Kier alpha value is -1.73. The molecule has 1 aromatic heterocycles. The summed E-state index contributed by atoms with van der Waals surface area (Å²) in [6.45, 7) is 0. The summed E-state index contributed by atoms with van der Waals surface area (Å²) in [5.41, 5.74) is -4.12. The third-order valence-corrected chi connectivity index (χ3v) is 2.90. The lowest BCUT2D eigenvalue weighted by molar-refractivity contribution is -0.143. The van der Waals surface area contributed by atoms with E-state index in [2.05, 4.69) is 4.98 Å². The van der Waals surface area contributed by atoms with Crippen LogP contribution in [-0.4, -0.2) is 22.0 Å². The van der Waals surface area contributed by atoms with Gasteiger partial charge in [-0.05, 0) is 11.6 Å². The average Bonchev–Trinajstić information content (AvgIpc) is 2.82. The van der Waals surface area contributed by atoms with Crippen molar-refractivity contribution in [1.29, 1.82) is 0 Å². The molecule has 1 aromatic rings. The smallest absolute Gasteiger partial charge is 0.433 e. The van der Waals surface area contributed by atoms with Crippen LogP contribution in [-0.2, 0) is 16.4 Å². The Morgan fingerprint density at radius 2 is 1.89 bits per heavy atom. The highest BCUT2D eigenvalue weighted by Gasteiger charge is 2.77. The first-order chi connectivity index (χ1) is 8.11. The monoisotopic (exact) mass is 267 g/mol. The zero-order chi connectivity index (χ0) is 13.8. The molecule has 1 unspecified atom stereocenters. The maximum absolute atomic E-state index is 13.1. The Morgan fingerprint density at radius 1 is 1.33 bits per heavy atom. The quantitative estimate of drug-likeness (QED) is 0.837. The van der Waals surface area contributed by atoms with Crippen molar-refractivity contribution in [3.05, 3.63) is 29.6 Å². The van der Waals surface area contributed by atoms with Crippen LogP contribution in [0.15, 0.2) is 18.3 Å². The Labute approximate surface area is 97.3 Å². The zero-order valence-electron chi connectivity index (χ0n) is 8.63. The molecule has 1 N–H and O–H groups in total. The van der Waals surface area contributed by atoms with Crippen LogP contribution in [0, 0.1) is 0 Å². The van der Waals surface area contributed by atoms with Crippen LogP contribution in [0.25, 0.3) is 0 Å². The summed E-state index contributed by atoms with van der Waals surface area (Å²) in [5.74, 6) is -5.23. The maximum atomic E-state index is 13.1. The van der Waals surface area contributed by atoms with Crippen molar-refractivity contribution in [2.24, 2.45) is 0 Å². The normalized spacial score (nSPS) is 25.8. The van der Waals surface area contributed by atoms with Gasteiger partial charge in [-0.25, -0.2) is 8.78 Å². The molecule has 0 amide bonds. The number of carbonyl (C=O) groups is 1. The molecule has 0 spiro atoms. The standard InChI is InChI=1S/C10H6F5NO2/c11-9(12)4-8(9,7(17)18)5-1-2-6(16-3-5)10(13,14)15/h1-3H,4H2,(H,17,18). The van der Waals surface area contributed by atoms with E-state index < -0.39 is 41.2 Å². The summed E-state index contributed by atoms with van der Waals surface area (Å²) in [6, 6.07) is 1.22. The van der Waals surface area contributed by atoms with Crippen molar-refractivity contribution < 1.29 is 31.9 Å². The highest BCUT2D eigenvalue weighted by atomic mass is 19.4. The molecule has 1 fully saturated rings. The van der Waals surface area contributed by atoms with Crippen LogP contribution in [0.5, 0.6) is 0 Å². The van der Waals surface area contributed by atoms with Gasteiger partial charge in [-0.1, -0.05) is 6.07 Å². The van der Waals surface area contributed by atoms with Crippen molar-refractivity contribution in [2.45, 2.75) is 23.9 Å². The van der Waals surface area contributed by atoms with Crippen LogP contribution < -0.4 is 0 Å². The Balaban J connectivity index is 2.39. The first kappa shape index (κ1) is 12.7. The number of hydrogen-bond donors (Lipinski definition) is 1. The molecule has 0 saturated heterocycles. The van der Waals surface area contributed by atoms with Gasteiger partial charge in [-0.2, -0.15) is 13.2 Å². The van der Waals surface area contributed by atoms with Gasteiger partial charge in [0.05, 0.1) is 0 Å². The van der Waals surface area contributed by atoms with Gasteiger partial charge in [-0.3, -0.25) is 9.78 Å². The minimum Gasteiger partial charge on any atom is -0.480 e. The van der Waals surface area contributed by atoms with Crippen LogP contribution in [0.2, 0.25) is 0 Å². The number of carboxylic acids is 1. The van der Waals surface area contributed by atoms with E-state index in [1.807, 2.05) is 0 Å². The predicted molar refractivity (Wildman–Crippen MR) is 48.1 cm³/mol. The third kappa shape index (κ3) is 1.63. The minimum absolute atomic E-state index is 0.423. The molecular weight excluding hydrogens is 261 g/mol. The molecule has 1 saturated carbocycles. The fraction of sp³-hybridized carbons (Fsp3) is 0.400. The first-order valence-electron chi connectivity index (χ1n) is 4.76. The largest absolute Gasteiger partial charge is 0.480 e. The summed E-state index contributed by atoms with van der Waals surface area (Å²) >= 11 is 0. The van der Waals surface area contributed by atoms with E-state index in [9.17, 15) is 26.7 Å². The number of rotatable bonds is 2. The second-order valence-electron chi connectivity index (χ2n) is 4.02. The van der Waals surface area contributed by atoms with Gasteiger partial charge < -0.3 is 5.11 Å². The minimum atomic E-state index is -4.69. The van der Waals surface area contributed by atoms with E-state index in [4.69, 9.17) is 5.11 Å². The molecular formula is C10H6F5NO2. The fourth-order valence-electron chi connectivity index (χ4n) is 1.77. The number of nitrogens with zero attached hydrogens (tertiary/aromatic N) is 1. The molecule has 98 valence electrons. The number of hydrogen-bond acceptors (Lipinski definition) is 2. The first-order valence-corrected chi connectivity index (χ1v) is 4.76. The molecule has 0 aromatic carbocycles. The van der Waals surface area contributed by atoms with Crippen LogP contribution in [0.1, 0.15) is 17.7 Å². The van der Waals surface area contributed by atoms with Gasteiger partial charge in [0.15, 0.2) is 5.41 Å². The lowest BCUT2D eigenvalue weighted by Crippen LogP contribution is -2.27. The number of halogens is 5. The summed E-state index contributed by atoms with van der Waals surface area (Å²) in [4.78, 5) is 13.8. The molecule has 0 aliphatic heterocycles. The number of alkyl halides is 5. The van der Waals surface area contributed by atoms with Gasteiger partial charge in [-0.15, -0.1) is 0 Å². The Kier molecular flexibility index (Phi) is 2.40. The van der Waals surface area contributed by atoms with E-state index in [-0.39, 0.29) is 0 Å². The lowest BCUT2D eigenvalue weighted by Gasteiger charge is -2.12. The van der Waals surface area contributed by atoms with Gasteiger partial charge in [0, 0.05) is 12.6 Å². The molecule has 1 aliphatic rings. The molecule has 0 bridgehead atoms. The summed E-state index contributed by atoms with van der Waals surface area (Å²) < 4.78 is 62.8. The van der Waals surface area contributed by atoms with Gasteiger partial charge in [0.1, 0.15) is 5.69 Å². The van der Waals surface area contributed by atoms with E-state index in [0.29, 0.717) is 12.3 Å². The molecule has 3 nitrogen and oxygen atoms in total. The topological polar surface area (TPSA) is 50.2 Å². The molecule has 18 heavy (non-hydrogen) atoms. The van der Waals surface area contributed by atoms with Gasteiger partial charge in [0.2, 0.25) is 0 Å². The number of aliphatic carboxylic acids is 1. The highest BCUT2D eigenvalue weighted by molar-refractivity contribution is 5.87. The maximum Gasteiger partial charge on any atom is 0.433 e. The van der Waals surface area contributed by atoms with E-state index in [1.54, 1.807) is 0 Å². The second kappa shape index (κ2) is 3.39. The van der Waals surface area contributed by atoms with Gasteiger partial charge in [0.25, 0.3) is 5.92 Å². The van der Waals surface area contributed by atoms with Crippen LogP contribution in [0.4, 0.5) is 22.0 Å². The van der Waals surface area contributed by atoms with Crippen molar-refractivity contribution >= 4 is 5.97 Å². The average molecular weight is 267 g/mol. The SMILES string of the molecule is O=C(O)C1(c2ccc(C(F)(F)F)nc2)CC1(F)F. The molecule has 2 rings (SSSR count). The molecule has 8 heteroatoms. The lowest BCUT2D eigenvalue weighted by atomic mass is 9.97. The summed E-state index contributed by atoms with van der Waals surface area (Å²) in [6.07, 6.45) is -5.08. The van der Waals surface area contributed by atoms with E-state index in [0.717, 1.165) is 6.07 Å². The number of carboxylic acid groups (broad SMARTS) is 1. The third-order valence-electron chi connectivity index (χ3n) is 2.90. The second-order valence-corrected chi connectivity index (χ2v) is 4.02. The zero-order valence-corrected chi connectivity index (χ0v) is 8.63. The van der Waals surface area contributed by atoms with Crippen molar-refractivity contribution in [1.82, 2.24) is 4.98 Å². The van der Waals surface area contributed by atoms with Crippen molar-refractivity contribution in [3.63, 3.8) is 0 Å². The molecule has 1 aliphatic carbocycles. The van der Waals surface area contributed by atoms with E-state index >= 15 is 0 Å². The fourth-order valence-corrected chi connectivity index (χ4v) is 1.77. The Bertz CT molecular complexity index is 496. The van der Waals surface area contributed by atoms with Gasteiger partial charge >= 0.3 is 12.1 Å². The Morgan fingerprint density at radius 3 is 2.17 bits per heavy atom. The van der Waals surface area contributed by atoms with Crippen LogP contribution >= 0.6 is 0 Å². The molecule has 0 radical (unpaired) electrons. The number of aromatic nitrogens is 1. The summed E-state index contributed by atoms with van der Waals surface area (Å²) in [7, 11) is 0. The van der Waals surface area contributed by atoms with Crippen molar-refractivity contribution in [3.8, 4) is 0 Å². The van der Waals surface area contributed by atoms with Crippen LogP contribution in [0.3, 0.4) is 0 Å².